The summed E-state index contributed by atoms with van der Waals surface area (Å²) in [5, 5.41) is 0. The first-order valence-electron chi connectivity index (χ1n) is 6.97. The van der Waals surface area contributed by atoms with Gasteiger partial charge in [-0.15, -0.1) is 0 Å². The molecule has 1 aliphatic heterocycles. The normalized spacial score (nSPS) is 17.6. The Balaban J connectivity index is 1.91. The molecule has 0 unspecified atom stereocenters. The van der Waals surface area contributed by atoms with Crippen LogP contribution in [0.2, 0.25) is 0 Å². The first-order chi connectivity index (χ1) is 9.22. The van der Waals surface area contributed by atoms with Gasteiger partial charge in [0.05, 0.1) is 7.11 Å². The Kier molecular flexibility index (Phi) is 5.16. The van der Waals surface area contributed by atoms with E-state index in [1.165, 1.54) is 6.07 Å². The molecular weight excluding hydrogens is 243 g/mol. The summed E-state index contributed by atoms with van der Waals surface area (Å²) in [5.41, 5.74) is 6.34. The molecule has 0 aliphatic carbocycles. The number of likely N-dealkylation sites (tertiary alicyclic amines) is 1. The van der Waals surface area contributed by atoms with Crippen LogP contribution in [0.1, 0.15) is 18.4 Å². The van der Waals surface area contributed by atoms with Gasteiger partial charge in [-0.25, -0.2) is 4.39 Å². The van der Waals surface area contributed by atoms with Gasteiger partial charge in [0.1, 0.15) is 11.6 Å². The van der Waals surface area contributed by atoms with Gasteiger partial charge >= 0.3 is 0 Å². The molecule has 1 saturated heterocycles. The van der Waals surface area contributed by atoms with Gasteiger partial charge in [0.25, 0.3) is 0 Å². The Morgan fingerprint density at radius 1 is 1.37 bits per heavy atom. The van der Waals surface area contributed by atoms with E-state index in [9.17, 15) is 4.39 Å². The van der Waals surface area contributed by atoms with Crippen LogP contribution < -0.4 is 10.5 Å². The van der Waals surface area contributed by atoms with Crippen LogP contribution in [-0.2, 0) is 6.42 Å². The molecule has 1 fully saturated rings. The number of nitrogens with zero attached hydrogens (tertiary/aromatic N) is 1. The third-order valence-electron chi connectivity index (χ3n) is 3.91. The summed E-state index contributed by atoms with van der Waals surface area (Å²) in [4.78, 5) is 2.39. The molecule has 2 N–H and O–H groups in total. The lowest BCUT2D eigenvalue weighted by Gasteiger charge is -2.31. The van der Waals surface area contributed by atoms with Crippen LogP contribution in [0.3, 0.4) is 0 Å². The molecule has 0 saturated carbocycles. The van der Waals surface area contributed by atoms with E-state index in [1.807, 2.05) is 6.07 Å². The van der Waals surface area contributed by atoms with Crippen LogP contribution in [0.5, 0.6) is 5.75 Å². The van der Waals surface area contributed by atoms with Gasteiger partial charge in [0, 0.05) is 13.1 Å². The largest absolute Gasteiger partial charge is 0.497 e. The fraction of sp³-hybridized carbons (Fsp3) is 0.600. The van der Waals surface area contributed by atoms with Crippen LogP contribution in [0.25, 0.3) is 0 Å². The maximum absolute atomic E-state index is 13.8. The van der Waals surface area contributed by atoms with E-state index in [0.717, 1.165) is 56.8 Å². The standard InChI is InChI=1S/C15H23FN2O/c1-19-14-2-3-15(16)13(11-14)10-12-4-7-18(8-5-12)9-6-17/h2-3,11-12H,4-10,17H2,1H3. The zero-order valence-electron chi connectivity index (χ0n) is 11.6. The molecule has 2 rings (SSSR count). The first kappa shape index (κ1) is 14.3. The van der Waals surface area contributed by atoms with Crippen LogP contribution in [0.15, 0.2) is 18.2 Å². The van der Waals surface area contributed by atoms with E-state index < -0.39 is 0 Å². The van der Waals surface area contributed by atoms with Gasteiger partial charge in [0.2, 0.25) is 0 Å². The number of ether oxygens (including phenoxy) is 1. The predicted molar refractivity (Wildman–Crippen MR) is 74.9 cm³/mol. The predicted octanol–water partition coefficient (Wildman–Crippen LogP) is 2.05. The summed E-state index contributed by atoms with van der Waals surface area (Å²) in [6.07, 6.45) is 3.05. The van der Waals surface area contributed by atoms with E-state index >= 15 is 0 Å². The van der Waals surface area contributed by atoms with E-state index in [1.54, 1.807) is 13.2 Å². The number of piperidine rings is 1. The van der Waals surface area contributed by atoms with Crippen LogP contribution in [0, 0.1) is 11.7 Å². The van der Waals surface area contributed by atoms with Crippen molar-refractivity contribution in [3.8, 4) is 5.75 Å². The average molecular weight is 266 g/mol. The van der Waals surface area contributed by atoms with Crippen molar-refractivity contribution in [3.63, 3.8) is 0 Å². The minimum atomic E-state index is -0.120. The second-order valence-corrected chi connectivity index (χ2v) is 5.24. The van der Waals surface area contributed by atoms with Gasteiger partial charge in [-0.1, -0.05) is 0 Å². The van der Waals surface area contributed by atoms with Crippen molar-refractivity contribution in [1.82, 2.24) is 4.90 Å². The summed E-state index contributed by atoms with van der Waals surface area (Å²) in [6.45, 7) is 3.84. The van der Waals surface area contributed by atoms with Crippen LogP contribution in [-0.4, -0.2) is 38.2 Å². The summed E-state index contributed by atoms with van der Waals surface area (Å²) < 4.78 is 18.9. The molecule has 106 valence electrons. The molecule has 1 aliphatic rings. The van der Waals surface area contributed by atoms with Crippen molar-refractivity contribution >= 4 is 0 Å². The fourth-order valence-corrected chi connectivity index (χ4v) is 2.74. The number of hydrogen-bond acceptors (Lipinski definition) is 3. The van der Waals surface area contributed by atoms with Gasteiger partial charge in [0.15, 0.2) is 0 Å². The average Bonchev–Trinajstić information content (AvgIpc) is 2.44. The van der Waals surface area contributed by atoms with Gasteiger partial charge in [-0.3, -0.25) is 0 Å². The minimum Gasteiger partial charge on any atom is -0.497 e. The molecule has 0 bridgehead atoms. The Morgan fingerprint density at radius 2 is 2.11 bits per heavy atom. The summed E-state index contributed by atoms with van der Waals surface area (Å²) in [6, 6.07) is 4.99. The van der Waals surface area contributed by atoms with Gasteiger partial charge in [-0.2, -0.15) is 0 Å². The molecule has 1 aromatic rings. The monoisotopic (exact) mass is 266 g/mol. The minimum absolute atomic E-state index is 0.120. The van der Waals surface area contributed by atoms with Crippen LogP contribution in [0.4, 0.5) is 4.39 Å². The molecule has 19 heavy (non-hydrogen) atoms. The molecule has 3 nitrogen and oxygen atoms in total. The first-order valence-corrected chi connectivity index (χ1v) is 6.97. The summed E-state index contributed by atoms with van der Waals surface area (Å²) in [5.74, 6) is 1.18. The van der Waals surface area contributed by atoms with Crippen molar-refractivity contribution in [2.24, 2.45) is 11.7 Å². The third-order valence-corrected chi connectivity index (χ3v) is 3.91. The highest BCUT2D eigenvalue weighted by molar-refractivity contribution is 5.30. The third kappa shape index (κ3) is 3.91. The molecule has 4 heteroatoms. The Bertz CT molecular complexity index is 403. The van der Waals surface area contributed by atoms with Crippen molar-refractivity contribution in [3.05, 3.63) is 29.6 Å². The lowest BCUT2D eigenvalue weighted by molar-refractivity contribution is 0.188. The molecule has 0 radical (unpaired) electrons. The van der Waals surface area contributed by atoms with Crippen molar-refractivity contribution in [2.75, 3.05) is 33.3 Å². The Morgan fingerprint density at radius 3 is 2.74 bits per heavy atom. The number of rotatable bonds is 5. The van der Waals surface area contributed by atoms with E-state index in [4.69, 9.17) is 10.5 Å². The highest BCUT2D eigenvalue weighted by atomic mass is 19.1. The number of methoxy groups -OCH3 is 1. The number of hydrogen-bond donors (Lipinski definition) is 1. The SMILES string of the molecule is COc1ccc(F)c(CC2CCN(CCN)CC2)c1. The summed E-state index contributed by atoms with van der Waals surface area (Å²) in [7, 11) is 1.61. The molecule has 0 aromatic heterocycles. The lowest BCUT2D eigenvalue weighted by Crippen LogP contribution is -2.37. The Labute approximate surface area is 114 Å². The summed E-state index contributed by atoms with van der Waals surface area (Å²) >= 11 is 0. The fourth-order valence-electron chi connectivity index (χ4n) is 2.74. The molecule has 1 heterocycles. The molecule has 0 spiro atoms. The van der Waals surface area contributed by atoms with Gasteiger partial charge < -0.3 is 15.4 Å². The zero-order chi connectivity index (χ0) is 13.7. The quantitative estimate of drug-likeness (QED) is 0.886. The van der Waals surface area contributed by atoms with Crippen molar-refractivity contribution < 1.29 is 9.13 Å². The highest BCUT2D eigenvalue weighted by Crippen LogP contribution is 2.25. The van der Waals surface area contributed by atoms with Crippen LogP contribution >= 0.6 is 0 Å². The Hall–Kier alpha value is -1.13. The lowest BCUT2D eigenvalue weighted by atomic mass is 9.90. The molecule has 1 aromatic carbocycles. The van der Waals surface area contributed by atoms with E-state index in [0.29, 0.717) is 5.92 Å². The molecular formula is C15H23FN2O. The maximum Gasteiger partial charge on any atom is 0.126 e. The smallest absolute Gasteiger partial charge is 0.126 e. The van der Waals surface area contributed by atoms with Gasteiger partial charge in [-0.05, 0) is 62.0 Å². The topological polar surface area (TPSA) is 38.5 Å². The molecule has 0 amide bonds. The van der Waals surface area contributed by atoms with E-state index in [2.05, 4.69) is 4.90 Å². The second-order valence-electron chi connectivity index (χ2n) is 5.24. The second kappa shape index (κ2) is 6.87. The number of nitrogens with two attached hydrogens (primary N) is 1. The highest BCUT2D eigenvalue weighted by Gasteiger charge is 2.20. The van der Waals surface area contributed by atoms with E-state index in [-0.39, 0.29) is 5.82 Å². The zero-order valence-corrected chi connectivity index (χ0v) is 11.6. The van der Waals surface area contributed by atoms with Crippen molar-refractivity contribution in [2.45, 2.75) is 19.3 Å². The number of halogens is 1. The maximum atomic E-state index is 13.8. The van der Waals surface area contributed by atoms with Crippen molar-refractivity contribution in [1.29, 1.82) is 0 Å². The number of benzene rings is 1. The molecule has 0 atom stereocenters.